The van der Waals surface area contributed by atoms with Crippen molar-refractivity contribution >= 4 is 29.8 Å². The van der Waals surface area contributed by atoms with Crippen molar-refractivity contribution in [2.75, 3.05) is 20.3 Å². The molecule has 0 spiro atoms. The second-order valence-corrected chi connectivity index (χ2v) is 12.6. The van der Waals surface area contributed by atoms with Gasteiger partial charge in [0, 0.05) is 6.54 Å². The van der Waals surface area contributed by atoms with E-state index in [4.69, 9.17) is 4.74 Å². The first kappa shape index (κ1) is 31.7. The molecule has 0 aromatic heterocycles. The van der Waals surface area contributed by atoms with Crippen LogP contribution in [0.15, 0.2) is 0 Å². The first-order valence-corrected chi connectivity index (χ1v) is 14.8. The van der Waals surface area contributed by atoms with Gasteiger partial charge in [-0.3, -0.25) is 14.4 Å². The Labute approximate surface area is 237 Å². The summed E-state index contributed by atoms with van der Waals surface area (Å²) in [4.78, 5) is 67.2. The van der Waals surface area contributed by atoms with Crippen molar-refractivity contribution in [3.8, 4) is 0 Å². The molecule has 1 unspecified atom stereocenters. The molecule has 1 aliphatic heterocycles. The molecule has 3 N–H and O–H groups in total. The Bertz CT molecular complexity index is 943. The number of rotatable bonds is 9. The topological polar surface area (TPSA) is 143 Å². The summed E-state index contributed by atoms with van der Waals surface area (Å²) in [7, 11) is 1.21. The van der Waals surface area contributed by atoms with E-state index >= 15 is 0 Å². The van der Waals surface area contributed by atoms with Gasteiger partial charge in [-0.2, -0.15) is 0 Å². The molecule has 4 amide bonds. The molecule has 0 aromatic carbocycles. The van der Waals surface area contributed by atoms with Crippen LogP contribution in [-0.4, -0.2) is 79.1 Å². The minimum atomic E-state index is -0.916. The first-order chi connectivity index (χ1) is 18.9. The third kappa shape index (κ3) is 7.46. The molecule has 2 aliphatic carbocycles. The molecule has 11 heteroatoms. The summed E-state index contributed by atoms with van der Waals surface area (Å²) in [5.41, 5.74) is -0.662. The van der Waals surface area contributed by atoms with Crippen LogP contribution in [0.2, 0.25) is 0 Å². The fraction of sp³-hybridized carbons (Fsp3) is 0.828. The highest BCUT2D eigenvalue weighted by Crippen LogP contribution is 2.43. The lowest BCUT2D eigenvalue weighted by atomic mass is 9.82. The predicted octanol–water partition coefficient (Wildman–Crippen LogP) is 2.52. The zero-order chi connectivity index (χ0) is 29.6. The van der Waals surface area contributed by atoms with Gasteiger partial charge in [0.15, 0.2) is 0 Å². The molecule has 1 saturated heterocycles. The minimum absolute atomic E-state index is 0.0670. The SMILES string of the molecule is CCOC(=O)C1[C@H]2CCC[C@H]2CN1C(=O)[C@@H](NC(=O)[C@@H](NC(=O)[C@@H](C)NC(=O)OC)C1CCCCC1)C(C)(C)C. The van der Waals surface area contributed by atoms with Crippen LogP contribution in [-0.2, 0) is 28.7 Å². The molecule has 0 bridgehead atoms. The van der Waals surface area contributed by atoms with E-state index in [9.17, 15) is 24.0 Å². The average molecular weight is 565 g/mol. The summed E-state index contributed by atoms with van der Waals surface area (Å²) in [5.74, 6) is -1.43. The van der Waals surface area contributed by atoms with E-state index in [0.717, 1.165) is 51.4 Å². The average Bonchev–Trinajstić information content (AvgIpc) is 3.51. The summed E-state index contributed by atoms with van der Waals surface area (Å²) in [6.45, 7) is 9.61. The lowest BCUT2D eigenvalue weighted by Gasteiger charge is -2.38. The van der Waals surface area contributed by atoms with Gasteiger partial charge in [0.2, 0.25) is 17.7 Å². The van der Waals surface area contributed by atoms with Crippen LogP contribution in [0.25, 0.3) is 0 Å². The number of alkyl carbamates (subject to hydrolysis) is 1. The molecule has 11 nitrogen and oxygen atoms in total. The van der Waals surface area contributed by atoms with Gasteiger partial charge < -0.3 is 30.3 Å². The second kappa shape index (κ2) is 13.7. The second-order valence-electron chi connectivity index (χ2n) is 12.6. The molecule has 3 rings (SSSR count). The number of hydrogen-bond acceptors (Lipinski definition) is 7. The number of esters is 1. The van der Waals surface area contributed by atoms with Crippen molar-refractivity contribution in [2.45, 2.75) is 110 Å². The Morgan fingerprint density at radius 2 is 1.57 bits per heavy atom. The highest BCUT2D eigenvalue weighted by atomic mass is 16.5. The van der Waals surface area contributed by atoms with Crippen LogP contribution in [0.1, 0.15) is 86.0 Å². The van der Waals surface area contributed by atoms with E-state index in [-0.39, 0.29) is 36.2 Å². The van der Waals surface area contributed by atoms with Gasteiger partial charge in [-0.25, -0.2) is 9.59 Å². The Morgan fingerprint density at radius 3 is 2.17 bits per heavy atom. The van der Waals surface area contributed by atoms with Crippen LogP contribution in [0.3, 0.4) is 0 Å². The first-order valence-electron chi connectivity index (χ1n) is 14.8. The summed E-state index contributed by atoms with van der Waals surface area (Å²) < 4.78 is 9.96. The molecular weight excluding hydrogens is 516 g/mol. The fourth-order valence-corrected chi connectivity index (χ4v) is 6.55. The fourth-order valence-electron chi connectivity index (χ4n) is 6.55. The monoisotopic (exact) mass is 564 g/mol. The summed E-state index contributed by atoms with van der Waals surface area (Å²) in [5, 5.41) is 8.24. The highest BCUT2D eigenvalue weighted by molar-refractivity contribution is 5.95. The number of methoxy groups -OCH3 is 1. The van der Waals surface area contributed by atoms with Gasteiger partial charge in [0.05, 0.1) is 13.7 Å². The standard InChI is InChI=1S/C29H48N4O7/c1-7-40-27(37)22-20-15-11-14-19(20)16-33(22)26(36)23(29(3,4)5)32-25(35)21(18-12-9-8-10-13-18)31-24(34)17(2)30-28(38)39-6/h17-23H,7-16H2,1-6H3,(H,30,38)(H,31,34)(H,32,35)/t17-,19+,20+,21+,22?,23-/m1/s1. The summed E-state index contributed by atoms with van der Waals surface area (Å²) in [6, 6.07) is -3.35. The zero-order valence-electron chi connectivity index (χ0n) is 24.9. The maximum atomic E-state index is 14.1. The number of nitrogens with zero attached hydrogens (tertiary/aromatic N) is 1. The van der Waals surface area contributed by atoms with E-state index in [0.29, 0.717) is 6.54 Å². The molecule has 226 valence electrons. The Hall–Kier alpha value is -2.85. The Morgan fingerprint density at radius 1 is 0.900 bits per heavy atom. The molecule has 6 atom stereocenters. The van der Waals surface area contributed by atoms with Gasteiger partial charge in [-0.15, -0.1) is 0 Å². The summed E-state index contributed by atoms with van der Waals surface area (Å²) in [6.07, 6.45) is 6.61. The van der Waals surface area contributed by atoms with Gasteiger partial charge in [-0.1, -0.05) is 46.5 Å². The van der Waals surface area contributed by atoms with Crippen LogP contribution < -0.4 is 16.0 Å². The molecule has 40 heavy (non-hydrogen) atoms. The number of hydrogen-bond donors (Lipinski definition) is 3. The molecule has 3 fully saturated rings. The van der Waals surface area contributed by atoms with E-state index in [1.807, 2.05) is 20.8 Å². The third-order valence-corrected chi connectivity index (χ3v) is 8.72. The normalized spacial score (nSPS) is 25.2. The maximum absolute atomic E-state index is 14.1. The Balaban J connectivity index is 1.83. The van der Waals surface area contributed by atoms with Crippen molar-refractivity contribution in [3.05, 3.63) is 0 Å². The van der Waals surface area contributed by atoms with Gasteiger partial charge in [0.25, 0.3) is 0 Å². The number of amides is 4. The lowest BCUT2D eigenvalue weighted by molar-refractivity contribution is -0.156. The van der Waals surface area contributed by atoms with Gasteiger partial charge in [-0.05, 0) is 62.7 Å². The molecular formula is C29H48N4O7. The zero-order valence-corrected chi connectivity index (χ0v) is 24.9. The largest absolute Gasteiger partial charge is 0.464 e. The molecule has 0 aromatic rings. The number of carbonyl (C=O) groups excluding carboxylic acids is 5. The summed E-state index contributed by atoms with van der Waals surface area (Å²) >= 11 is 0. The van der Waals surface area contributed by atoms with Crippen LogP contribution in [0.4, 0.5) is 4.79 Å². The molecule has 0 radical (unpaired) electrons. The van der Waals surface area contributed by atoms with E-state index in [1.54, 1.807) is 11.8 Å². The van der Waals surface area contributed by atoms with Crippen molar-refractivity contribution in [3.63, 3.8) is 0 Å². The van der Waals surface area contributed by atoms with Crippen molar-refractivity contribution < 1.29 is 33.4 Å². The number of ether oxygens (including phenoxy) is 2. The van der Waals surface area contributed by atoms with Crippen LogP contribution >= 0.6 is 0 Å². The quantitative estimate of drug-likeness (QED) is 0.365. The van der Waals surface area contributed by atoms with E-state index in [2.05, 4.69) is 20.7 Å². The van der Waals surface area contributed by atoms with Gasteiger partial charge in [0.1, 0.15) is 24.2 Å². The van der Waals surface area contributed by atoms with Gasteiger partial charge >= 0.3 is 12.1 Å². The van der Waals surface area contributed by atoms with Crippen molar-refractivity contribution in [1.82, 2.24) is 20.9 Å². The van der Waals surface area contributed by atoms with E-state index in [1.165, 1.54) is 14.0 Å². The number of nitrogens with one attached hydrogen (secondary N) is 3. The number of fused-ring (bicyclic) bond motifs is 1. The predicted molar refractivity (Wildman–Crippen MR) is 148 cm³/mol. The number of likely N-dealkylation sites (tertiary alicyclic amines) is 1. The van der Waals surface area contributed by atoms with E-state index < -0.39 is 47.5 Å². The number of carbonyl (C=O) groups is 5. The molecule has 3 aliphatic rings. The smallest absolute Gasteiger partial charge is 0.407 e. The maximum Gasteiger partial charge on any atom is 0.407 e. The molecule has 2 saturated carbocycles. The highest BCUT2D eigenvalue weighted by Gasteiger charge is 2.52. The van der Waals surface area contributed by atoms with Crippen LogP contribution in [0, 0.1) is 23.2 Å². The minimum Gasteiger partial charge on any atom is -0.464 e. The third-order valence-electron chi connectivity index (χ3n) is 8.72. The lowest BCUT2D eigenvalue weighted by Crippen LogP contribution is -2.62. The Kier molecular flexibility index (Phi) is 10.8. The molecule has 1 heterocycles. The van der Waals surface area contributed by atoms with Crippen molar-refractivity contribution in [2.24, 2.45) is 23.2 Å². The van der Waals surface area contributed by atoms with Crippen LogP contribution in [0.5, 0.6) is 0 Å². The van der Waals surface area contributed by atoms with Crippen molar-refractivity contribution in [1.29, 1.82) is 0 Å².